The van der Waals surface area contributed by atoms with Gasteiger partial charge in [0.25, 0.3) is 0 Å². The third-order valence-electron chi connectivity index (χ3n) is 4.78. The van der Waals surface area contributed by atoms with Crippen molar-refractivity contribution in [2.45, 2.75) is 19.3 Å². The van der Waals surface area contributed by atoms with Crippen LogP contribution in [0.5, 0.6) is 11.5 Å². The van der Waals surface area contributed by atoms with Gasteiger partial charge in [0.1, 0.15) is 5.82 Å². The molecule has 6 nitrogen and oxygen atoms in total. The van der Waals surface area contributed by atoms with Crippen LogP contribution in [0.2, 0.25) is 0 Å². The first kappa shape index (κ1) is 18.6. The van der Waals surface area contributed by atoms with E-state index in [-0.39, 0.29) is 11.8 Å². The van der Waals surface area contributed by atoms with Crippen molar-refractivity contribution in [3.63, 3.8) is 0 Å². The minimum atomic E-state index is -0.0990. The normalized spacial score (nSPS) is 15.7. The number of anilines is 1. The van der Waals surface area contributed by atoms with Crippen molar-refractivity contribution in [2.24, 2.45) is 0 Å². The molecule has 1 aliphatic rings. The number of carbonyl (C=O) groups excluding carboxylic acids is 1. The van der Waals surface area contributed by atoms with E-state index in [0.717, 1.165) is 21.3 Å². The second-order valence-electron chi connectivity index (χ2n) is 6.48. The molecular formula is C21H20BrN3O3. The van der Waals surface area contributed by atoms with E-state index in [1.165, 1.54) is 0 Å². The van der Waals surface area contributed by atoms with Gasteiger partial charge < -0.3 is 14.8 Å². The minimum absolute atomic E-state index is 0.0369. The first-order valence-corrected chi connectivity index (χ1v) is 9.84. The van der Waals surface area contributed by atoms with E-state index in [4.69, 9.17) is 9.47 Å². The highest BCUT2D eigenvalue weighted by atomic mass is 79.9. The molecule has 4 rings (SSSR count). The quantitative estimate of drug-likeness (QED) is 0.631. The molecule has 0 bridgehead atoms. The molecule has 0 saturated carbocycles. The number of halogens is 1. The second kappa shape index (κ2) is 7.67. The van der Waals surface area contributed by atoms with Gasteiger partial charge in [-0.25, -0.2) is 4.68 Å². The third-order valence-corrected chi connectivity index (χ3v) is 5.31. The lowest BCUT2D eigenvalue weighted by atomic mass is 9.87. The number of amides is 1. The Balaban J connectivity index is 1.77. The van der Waals surface area contributed by atoms with Crippen LogP contribution in [0.25, 0.3) is 5.69 Å². The summed E-state index contributed by atoms with van der Waals surface area (Å²) < 4.78 is 13.8. The lowest BCUT2D eigenvalue weighted by molar-refractivity contribution is -0.116. The number of hydrogen-bond acceptors (Lipinski definition) is 4. The number of carbonyl (C=O) groups is 1. The lowest BCUT2D eigenvalue weighted by Crippen LogP contribution is -2.24. The highest BCUT2D eigenvalue weighted by Gasteiger charge is 2.31. The predicted molar refractivity (Wildman–Crippen MR) is 111 cm³/mol. The van der Waals surface area contributed by atoms with Crippen molar-refractivity contribution in [3.05, 3.63) is 64.3 Å². The molecule has 1 N–H and O–H groups in total. The standard InChI is InChI=1S/C21H20BrN3O3/c1-3-28-19-10-13(4-9-18(19)27-2)16-11-20(26)24-21-17(16)12-23-25(21)15-7-5-14(22)6-8-15/h4-10,12,16H,3,11H2,1-2H3,(H,24,26). The fourth-order valence-corrected chi connectivity index (χ4v) is 3.74. The molecule has 2 heterocycles. The first-order chi connectivity index (χ1) is 13.6. The molecule has 28 heavy (non-hydrogen) atoms. The van der Waals surface area contributed by atoms with Crippen molar-refractivity contribution < 1.29 is 14.3 Å². The van der Waals surface area contributed by atoms with Crippen LogP contribution >= 0.6 is 15.9 Å². The molecule has 2 aromatic carbocycles. The third kappa shape index (κ3) is 3.38. The zero-order chi connectivity index (χ0) is 19.7. The Morgan fingerprint density at radius 2 is 2.00 bits per heavy atom. The van der Waals surface area contributed by atoms with Crippen LogP contribution in [0.1, 0.15) is 30.4 Å². The maximum absolute atomic E-state index is 12.5. The van der Waals surface area contributed by atoms with Gasteiger partial charge in [-0.2, -0.15) is 5.10 Å². The van der Waals surface area contributed by atoms with Gasteiger partial charge in [-0.3, -0.25) is 4.79 Å². The van der Waals surface area contributed by atoms with Gasteiger partial charge in [0.2, 0.25) is 5.91 Å². The number of ether oxygens (including phenoxy) is 2. The number of hydrogen-bond donors (Lipinski definition) is 1. The van der Waals surface area contributed by atoms with Crippen LogP contribution in [0.15, 0.2) is 53.1 Å². The SMILES string of the molecule is CCOc1cc(C2CC(=O)Nc3c2cnn3-c2ccc(Br)cc2)ccc1OC. The molecule has 1 aromatic heterocycles. The maximum atomic E-state index is 12.5. The van der Waals surface area contributed by atoms with E-state index in [1.807, 2.05) is 55.6 Å². The van der Waals surface area contributed by atoms with Gasteiger partial charge in [0.15, 0.2) is 11.5 Å². The molecule has 0 aliphatic carbocycles. The number of nitrogens with one attached hydrogen (secondary N) is 1. The van der Waals surface area contributed by atoms with Crippen molar-refractivity contribution >= 4 is 27.7 Å². The smallest absolute Gasteiger partial charge is 0.226 e. The molecule has 0 fully saturated rings. The summed E-state index contributed by atoms with van der Waals surface area (Å²) in [7, 11) is 1.62. The lowest BCUT2D eigenvalue weighted by Gasteiger charge is -2.24. The Morgan fingerprint density at radius 1 is 1.21 bits per heavy atom. The van der Waals surface area contributed by atoms with Crippen molar-refractivity contribution in [2.75, 3.05) is 19.0 Å². The zero-order valence-corrected chi connectivity index (χ0v) is 17.2. The zero-order valence-electron chi connectivity index (χ0n) is 15.6. The Morgan fingerprint density at radius 3 is 2.71 bits per heavy atom. The maximum Gasteiger partial charge on any atom is 0.226 e. The monoisotopic (exact) mass is 441 g/mol. The summed E-state index contributed by atoms with van der Waals surface area (Å²) in [5.41, 5.74) is 2.86. The summed E-state index contributed by atoms with van der Waals surface area (Å²) in [6, 6.07) is 13.6. The Kier molecular flexibility index (Phi) is 5.09. The van der Waals surface area contributed by atoms with Crippen molar-refractivity contribution in [1.82, 2.24) is 9.78 Å². The number of methoxy groups -OCH3 is 1. The molecular weight excluding hydrogens is 422 g/mol. The largest absolute Gasteiger partial charge is 0.493 e. The van der Waals surface area contributed by atoms with E-state index in [2.05, 4.69) is 26.3 Å². The summed E-state index contributed by atoms with van der Waals surface area (Å²) in [5.74, 6) is 1.92. The molecule has 0 saturated heterocycles. The number of rotatable bonds is 5. The molecule has 3 aromatic rings. The van der Waals surface area contributed by atoms with E-state index < -0.39 is 0 Å². The van der Waals surface area contributed by atoms with Crippen LogP contribution in [0.4, 0.5) is 5.82 Å². The summed E-state index contributed by atoms with van der Waals surface area (Å²) in [6.45, 7) is 2.47. The van der Waals surface area contributed by atoms with Gasteiger partial charge in [0.05, 0.1) is 25.6 Å². The highest BCUT2D eigenvalue weighted by Crippen LogP contribution is 2.40. The fraction of sp³-hybridized carbons (Fsp3) is 0.238. The molecule has 0 spiro atoms. The van der Waals surface area contributed by atoms with Gasteiger partial charge in [-0.1, -0.05) is 22.0 Å². The van der Waals surface area contributed by atoms with Gasteiger partial charge in [-0.05, 0) is 48.9 Å². The summed E-state index contributed by atoms with van der Waals surface area (Å²) in [5, 5.41) is 7.51. The second-order valence-corrected chi connectivity index (χ2v) is 7.40. The molecule has 144 valence electrons. The number of aromatic nitrogens is 2. The van der Waals surface area contributed by atoms with Crippen LogP contribution in [-0.2, 0) is 4.79 Å². The predicted octanol–water partition coefficient (Wildman–Crippen LogP) is 4.52. The van der Waals surface area contributed by atoms with Crippen LogP contribution in [-0.4, -0.2) is 29.4 Å². The van der Waals surface area contributed by atoms with Gasteiger partial charge in [-0.15, -0.1) is 0 Å². The van der Waals surface area contributed by atoms with Crippen LogP contribution in [0.3, 0.4) is 0 Å². The molecule has 1 atom stereocenters. The number of benzene rings is 2. The topological polar surface area (TPSA) is 65.4 Å². The molecule has 0 radical (unpaired) electrons. The molecule has 1 unspecified atom stereocenters. The van der Waals surface area contributed by atoms with E-state index in [0.29, 0.717) is 30.3 Å². The Bertz CT molecular complexity index is 1010. The highest BCUT2D eigenvalue weighted by molar-refractivity contribution is 9.10. The summed E-state index contributed by atoms with van der Waals surface area (Å²) in [4.78, 5) is 12.5. The number of fused-ring (bicyclic) bond motifs is 1. The summed E-state index contributed by atoms with van der Waals surface area (Å²) >= 11 is 3.44. The molecule has 7 heteroatoms. The Labute approximate surface area is 171 Å². The average molecular weight is 442 g/mol. The van der Waals surface area contributed by atoms with E-state index >= 15 is 0 Å². The van der Waals surface area contributed by atoms with E-state index in [9.17, 15) is 4.79 Å². The van der Waals surface area contributed by atoms with E-state index in [1.54, 1.807) is 11.8 Å². The fourth-order valence-electron chi connectivity index (χ4n) is 3.47. The number of nitrogens with zero attached hydrogens (tertiary/aromatic N) is 2. The van der Waals surface area contributed by atoms with Gasteiger partial charge in [0, 0.05) is 22.4 Å². The van der Waals surface area contributed by atoms with Gasteiger partial charge >= 0.3 is 0 Å². The van der Waals surface area contributed by atoms with Crippen LogP contribution < -0.4 is 14.8 Å². The Hall–Kier alpha value is -2.80. The summed E-state index contributed by atoms with van der Waals surface area (Å²) in [6.07, 6.45) is 2.18. The average Bonchev–Trinajstić information content (AvgIpc) is 3.12. The van der Waals surface area contributed by atoms with Crippen molar-refractivity contribution in [1.29, 1.82) is 0 Å². The first-order valence-electron chi connectivity index (χ1n) is 9.05. The van der Waals surface area contributed by atoms with Crippen molar-refractivity contribution in [3.8, 4) is 17.2 Å². The molecule has 1 amide bonds. The minimum Gasteiger partial charge on any atom is -0.493 e. The van der Waals surface area contributed by atoms with Crippen LogP contribution in [0, 0.1) is 0 Å². The molecule has 1 aliphatic heterocycles.